The second-order valence-electron chi connectivity index (χ2n) is 11.4. The van der Waals surface area contributed by atoms with E-state index in [2.05, 4.69) is 112 Å². The number of allylic oxidation sites excluding steroid dienone is 5. The summed E-state index contributed by atoms with van der Waals surface area (Å²) in [5.41, 5.74) is 7.53. The Hall–Kier alpha value is -1.63. The van der Waals surface area contributed by atoms with E-state index in [-0.39, 0.29) is 17.5 Å². The van der Waals surface area contributed by atoms with Crippen molar-refractivity contribution in [3.63, 3.8) is 0 Å². The monoisotopic (exact) mass is 472 g/mol. The van der Waals surface area contributed by atoms with Gasteiger partial charge >= 0.3 is 0 Å². The molecule has 34 heavy (non-hydrogen) atoms. The van der Waals surface area contributed by atoms with E-state index >= 15 is 0 Å². The van der Waals surface area contributed by atoms with E-state index in [1.807, 2.05) is 13.8 Å². The number of halogens is 1. The molecule has 0 saturated heterocycles. The standard InChI is InChI=1S/C25H36.C3H7F.C3H8.C2H6/c1-10-11-12-20(16-23(3,4)5)18(2)19-13-14-22-21(15-19)17-24(6,7)25(22,8)9;1-2-3-4;1-3-2;1-2/h10-15H,2,16-17H2,1,3-9H3;2-3H2,1H3;3H2,1-2H3;1-2H3/b11-10-,20-12-;;;. The second kappa shape index (κ2) is 16.1. The zero-order chi connectivity index (χ0) is 27.2. The molecule has 0 aromatic heterocycles. The number of alkyl halides is 1. The maximum atomic E-state index is 10.7. The fraction of sp³-hybridized carbons (Fsp3) is 0.636. The third-order valence-electron chi connectivity index (χ3n) is 6.24. The summed E-state index contributed by atoms with van der Waals surface area (Å²) in [4.78, 5) is 0. The van der Waals surface area contributed by atoms with Crippen molar-refractivity contribution < 1.29 is 4.39 Å². The Kier molecular flexibility index (Phi) is 16.4. The first-order valence-electron chi connectivity index (χ1n) is 13.4. The summed E-state index contributed by atoms with van der Waals surface area (Å²) in [5.74, 6) is 0. The summed E-state index contributed by atoms with van der Waals surface area (Å²) in [6, 6.07) is 7.01. The van der Waals surface area contributed by atoms with Crippen LogP contribution in [-0.4, -0.2) is 6.67 Å². The van der Waals surface area contributed by atoms with Gasteiger partial charge < -0.3 is 0 Å². The minimum atomic E-state index is -0.181. The van der Waals surface area contributed by atoms with Gasteiger partial charge in [0.05, 0.1) is 6.67 Å². The van der Waals surface area contributed by atoms with Gasteiger partial charge in [0, 0.05) is 0 Å². The van der Waals surface area contributed by atoms with E-state index in [9.17, 15) is 4.39 Å². The van der Waals surface area contributed by atoms with Crippen LogP contribution in [0.2, 0.25) is 0 Å². The minimum Gasteiger partial charge on any atom is -0.251 e. The van der Waals surface area contributed by atoms with E-state index in [1.54, 1.807) is 6.92 Å². The minimum absolute atomic E-state index is 0.181. The molecule has 1 aliphatic rings. The summed E-state index contributed by atoms with van der Waals surface area (Å²) < 4.78 is 10.7. The number of hydrogen-bond acceptors (Lipinski definition) is 0. The lowest BCUT2D eigenvalue weighted by Gasteiger charge is -2.35. The molecule has 0 fully saturated rings. The molecule has 0 heterocycles. The lowest BCUT2D eigenvalue weighted by atomic mass is 9.69. The van der Waals surface area contributed by atoms with E-state index in [0.29, 0.717) is 11.8 Å². The van der Waals surface area contributed by atoms with Gasteiger partial charge in [-0.2, -0.15) is 0 Å². The molecule has 2 rings (SSSR count). The molecular formula is C33H57F. The van der Waals surface area contributed by atoms with E-state index < -0.39 is 0 Å². The third-order valence-corrected chi connectivity index (χ3v) is 6.24. The fourth-order valence-corrected chi connectivity index (χ4v) is 3.83. The highest BCUT2D eigenvalue weighted by Gasteiger charge is 2.45. The predicted octanol–water partition coefficient (Wildman–Crippen LogP) is 11.3. The van der Waals surface area contributed by atoms with Crippen LogP contribution in [0.1, 0.15) is 126 Å². The van der Waals surface area contributed by atoms with E-state index in [0.717, 1.165) is 12.8 Å². The Morgan fingerprint density at radius 2 is 1.56 bits per heavy atom. The molecule has 0 amide bonds. The van der Waals surface area contributed by atoms with Crippen LogP contribution in [0.25, 0.3) is 5.57 Å². The van der Waals surface area contributed by atoms with Crippen molar-refractivity contribution in [2.75, 3.05) is 6.67 Å². The first-order chi connectivity index (χ1) is 15.7. The molecule has 1 aromatic carbocycles. The zero-order valence-electron chi connectivity index (χ0n) is 25.1. The highest BCUT2D eigenvalue weighted by atomic mass is 19.1. The van der Waals surface area contributed by atoms with E-state index in [4.69, 9.17) is 0 Å². The summed E-state index contributed by atoms with van der Waals surface area (Å²) in [6.07, 6.45) is 10.5. The average molecular weight is 473 g/mol. The van der Waals surface area contributed by atoms with Crippen molar-refractivity contribution in [2.45, 2.75) is 121 Å². The molecule has 1 aliphatic carbocycles. The van der Waals surface area contributed by atoms with Gasteiger partial charge in [-0.15, -0.1) is 0 Å². The number of hydrogen-bond donors (Lipinski definition) is 0. The maximum Gasteiger partial charge on any atom is 0.0891 e. The SMILES string of the molecule is C=C(/C(=C\C=C/C)CC(C)(C)C)c1ccc2c(c1)CC(C)(C)C2(C)C.CC.CCC.CCCF. The molecular weight excluding hydrogens is 415 g/mol. The van der Waals surface area contributed by atoms with Crippen LogP contribution in [-0.2, 0) is 11.8 Å². The molecule has 0 bridgehead atoms. The van der Waals surface area contributed by atoms with Crippen LogP contribution in [0.4, 0.5) is 4.39 Å². The Balaban J connectivity index is 0. The Morgan fingerprint density at radius 3 is 1.97 bits per heavy atom. The summed E-state index contributed by atoms with van der Waals surface area (Å²) in [6.45, 7) is 32.8. The van der Waals surface area contributed by atoms with E-state index in [1.165, 1.54) is 34.3 Å². The van der Waals surface area contributed by atoms with Crippen molar-refractivity contribution in [1.82, 2.24) is 0 Å². The summed E-state index contributed by atoms with van der Waals surface area (Å²) in [5, 5.41) is 0. The van der Waals surface area contributed by atoms with Crippen molar-refractivity contribution in [2.24, 2.45) is 10.8 Å². The topological polar surface area (TPSA) is 0 Å². The molecule has 0 saturated carbocycles. The van der Waals surface area contributed by atoms with Crippen LogP contribution in [0.5, 0.6) is 0 Å². The van der Waals surface area contributed by atoms with Crippen molar-refractivity contribution in [3.8, 4) is 0 Å². The third kappa shape index (κ3) is 10.7. The van der Waals surface area contributed by atoms with Crippen molar-refractivity contribution >= 4 is 5.57 Å². The molecule has 0 spiro atoms. The van der Waals surface area contributed by atoms with Crippen molar-refractivity contribution in [1.29, 1.82) is 0 Å². The second-order valence-corrected chi connectivity index (χ2v) is 11.4. The molecule has 196 valence electrons. The molecule has 0 atom stereocenters. The first-order valence-corrected chi connectivity index (χ1v) is 13.4. The molecule has 0 aliphatic heterocycles. The van der Waals surface area contributed by atoms with Crippen LogP contribution >= 0.6 is 0 Å². The van der Waals surface area contributed by atoms with Gasteiger partial charge in [0.15, 0.2) is 0 Å². The van der Waals surface area contributed by atoms with Gasteiger partial charge in [0.1, 0.15) is 0 Å². The molecule has 0 N–H and O–H groups in total. The zero-order valence-corrected chi connectivity index (χ0v) is 25.1. The molecule has 1 aromatic rings. The highest BCUT2D eigenvalue weighted by Crippen LogP contribution is 2.51. The Bertz CT molecular complexity index is 764. The number of fused-ring (bicyclic) bond motifs is 1. The molecule has 0 unspecified atom stereocenters. The molecule has 0 nitrogen and oxygen atoms in total. The van der Waals surface area contributed by atoms with Gasteiger partial charge in [-0.25, -0.2) is 0 Å². The summed E-state index contributed by atoms with van der Waals surface area (Å²) >= 11 is 0. The molecule has 1 heteroatoms. The highest BCUT2D eigenvalue weighted by molar-refractivity contribution is 5.78. The summed E-state index contributed by atoms with van der Waals surface area (Å²) in [7, 11) is 0. The van der Waals surface area contributed by atoms with Gasteiger partial charge in [0.2, 0.25) is 0 Å². The van der Waals surface area contributed by atoms with Gasteiger partial charge in [-0.05, 0) is 70.3 Å². The van der Waals surface area contributed by atoms with Gasteiger partial charge in [-0.3, -0.25) is 4.39 Å². The van der Waals surface area contributed by atoms with Gasteiger partial charge in [-0.1, -0.05) is 133 Å². The quantitative estimate of drug-likeness (QED) is 0.374. The molecule has 0 radical (unpaired) electrons. The van der Waals surface area contributed by atoms with Crippen LogP contribution in [0, 0.1) is 10.8 Å². The fourth-order valence-electron chi connectivity index (χ4n) is 3.83. The predicted molar refractivity (Wildman–Crippen MR) is 157 cm³/mol. The maximum absolute atomic E-state index is 10.7. The average Bonchev–Trinajstić information content (AvgIpc) is 2.95. The lowest BCUT2D eigenvalue weighted by molar-refractivity contribution is 0.225. The lowest BCUT2D eigenvalue weighted by Crippen LogP contribution is -2.32. The normalized spacial score (nSPS) is 15.8. The number of rotatable bonds is 5. The van der Waals surface area contributed by atoms with Crippen LogP contribution in [0.3, 0.4) is 0 Å². The number of benzene rings is 1. The van der Waals surface area contributed by atoms with Crippen molar-refractivity contribution in [3.05, 3.63) is 65.3 Å². The smallest absolute Gasteiger partial charge is 0.0891 e. The van der Waals surface area contributed by atoms with Gasteiger partial charge in [0.25, 0.3) is 0 Å². The Labute approximate surface area is 213 Å². The first kappa shape index (κ1) is 34.5. The van der Waals surface area contributed by atoms with Crippen LogP contribution in [0.15, 0.2) is 48.6 Å². The van der Waals surface area contributed by atoms with Crippen LogP contribution < -0.4 is 0 Å². The largest absolute Gasteiger partial charge is 0.251 e. The Morgan fingerprint density at radius 1 is 1.06 bits per heavy atom.